The van der Waals surface area contributed by atoms with Crippen molar-refractivity contribution in [2.24, 2.45) is 5.92 Å². The van der Waals surface area contributed by atoms with E-state index in [0.717, 1.165) is 22.3 Å². The minimum atomic E-state index is -0.906. The van der Waals surface area contributed by atoms with E-state index in [-0.39, 0.29) is 5.97 Å². The van der Waals surface area contributed by atoms with Gasteiger partial charge in [-0.1, -0.05) is 74.1 Å². The van der Waals surface area contributed by atoms with Gasteiger partial charge in [-0.2, -0.15) is 0 Å². The third kappa shape index (κ3) is 3.37. The van der Waals surface area contributed by atoms with E-state index in [1.54, 1.807) is 0 Å². The maximum atomic E-state index is 13.0. The number of hydrogen-bond donors (Lipinski definition) is 0. The van der Waals surface area contributed by atoms with Crippen molar-refractivity contribution in [3.63, 3.8) is 0 Å². The van der Waals surface area contributed by atoms with Gasteiger partial charge in [-0.3, -0.25) is 4.79 Å². The van der Waals surface area contributed by atoms with Crippen LogP contribution in [-0.2, 0) is 14.9 Å². The summed E-state index contributed by atoms with van der Waals surface area (Å²) in [6.45, 7) is 10.6. The van der Waals surface area contributed by atoms with Crippen molar-refractivity contribution in [3.05, 3.63) is 93.6 Å². The molecule has 0 amide bonds. The molecule has 3 rings (SSSR count). The van der Waals surface area contributed by atoms with E-state index in [0.29, 0.717) is 5.92 Å². The van der Waals surface area contributed by atoms with Crippen LogP contribution in [0.15, 0.2) is 82.5 Å². The van der Waals surface area contributed by atoms with Gasteiger partial charge < -0.3 is 4.74 Å². The minimum absolute atomic E-state index is 0.258. The van der Waals surface area contributed by atoms with Gasteiger partial charge in [-0.15, -0.1) is 0 Å². The van der Waals surface area contributed by atoms with Crippen molar-refractivity contribution >= 4 is 5.97 Å². The zero-order valence-corrected chi connectivity index (χ0v) is 17.1. The van der Waals surface area contributed by atoms with Gasteiger partial charge in [0.2, 0.25) is 0 Å². The zero-order valence-electron chi connectivity index (χ0n) is 17.1. The molecule has 0 fully saturated rings. The average molecular weight is 360 g/mol. The van der Waals surface area contributed by atoms with E-state index in [1.165, 1.54) is 23.8 Å². The van der Waals surface area contributed by atoms with E-state index in [9.17, 15) is 4.79 Å². The van der Waals surface area contributed by atoms with Crippen LogP contribution in [-0.4, -0.2) is 13.1 Å². The molecule has 140 valence electrons. The molecule has 2 nitrogen and oxygen atoms in total. The van der Waals surface area contributed by atoms with Gasteiger partial charge in [0.15, 0.2) is 0 Å². The monoisotopic (exact) mass is 360 g/mol. The lowest BCUT2D eigenvalue weighted by Crippen LogP contribution is -2.36. The first-order valence-corrected chi connectivity index (χ1v) is 9.47. The molecule has 27 heavy (non-hydrogen) atoms. The topological polar surface area (TPSA) is 26.3 Å². The average Bonchev–Trinajstić information content (AvgIpc) is 2.81. The largest absolute Gasteiger partial charge is 0.468 e. The van der Waals surface area contributed by atoms with Crippen LogP contribution in [0.25, 0.3) is 0 Å². The Morgan fingerprint density at radius 2 is 1.59 bits per heavy atom. The van der Waals surface area contributed by atoms with Crippen molar-refractivity contribution in [3.8, 4) is 0 Å². The SMILES string of the molecule is COC(=O)C1(c2ccc(C)cc2)C=C(C)C2=CC(C(C)C)=CC=C(C)C2=C1. The number of fused-ring (bicyclic) bond motifs is 1. The predicted octanol–water partition coefficient (Wildman–Crippen LogP) is 5.76. The molecule has 0 radical (unpaired) electrons. The Balaban J connectivity index is 2.26. The van der Waals surface area contributed by atoms with Crippen LogP contribution < -0.4 is 0 Å². The van der Waals surface area contributed by atoms with Crippen molar-refractivity contribution in [2.75, 3.05) is 7.11 Å². The number of allylic oxidation sites excluding steroid dienone is 8. The predicted molar refractivity (Wildman–Crippen MR) is 111 cm³/mol. The second-order valence-corrected chi connectivity index (χ2v) is 7.84. The third-order valence-corrected chi connectivity index (χ3v) is 5.51. The molecule has 2 heteroatoms. The molecule has 0 spiro atoms. The molecule has 1 aromatic carbocycles. The number of hydrogen-bond acceptors (Lipinski definition) is 2. The maximum Gasteiger partial charge on any atom is 0.324 e. The standard InChI is InChI=1S/C25H28O2/c1-16(2)20-10-9-18(4)23-15-25(24(26)27-6,14-19(5)22(23)13-20)21-11-7-17(3)8-12-21/h7-16H,1-6H3. The lowest BCUT2D eigenvalue weighted by molar-refractivity contribution is -0.143. The van der Waals surface area contributed by atoms with Gasteiger partial charge in [0.1, 0.15) is 5.41 Å². The van der Waals surface area contributed by atoms with E-state index in [2.05, 4.69) is 58.1 Å². The molecule has 0 saturated heterocycles. The smallest absolute Gasteiger partial charge is 0.324 e. The van der Waals surface area contributed by atoms with Gasteiger partial charge in [-0.05, 0) is 60.1 Å². The summed E-state index contributed by atoms with van der Waals surface area (Å²) in [5, 5.41) is 0. The molecule has 1 atom stereocenters. The molecule has 2 aliphatic rings. The maximum absolute atomic E-state index is 13.0. The molecule has 1 aromatic rings. The van der Waals surface area contributed by atoms with Gasteiger partial charge in [0.05, 0.1) is 7.11 Å². The first-order valence-electron chi connectivity index (χ1n) is 9.47. The molecule has 0 bridgehead atoms. The van der Waals surface area contributed by atoms with Gasteiger partial charge in [0.25, 0.3) is 0 Å². The van der Waals surface area contributed by atoms with Gasteiger partial charge in [0, 0.05) is 0 Å². The lowest BCUT2D eigenvalue weighted by atomic mass is 9.71. The van der Waals surface area contributed by atoms with Crippen molar-refractivity contribution in [2.45, 2.75) is 40.0 Å². The highest BCUT2D eigenvalue weighted by Crippen LogP contribution is 2.43. The normalized spacial score (nSPS) is 22.0. The fraction of sp³-hybridized carbons (Fsp3) is 0.320. The molecule has 0 N–H and O–H groups in total. The Morgan fingerprint density at radius 1 is 0.926 bits per heavy atom. The third-order valence-electron chi connectivity index (χ3n) is 5.51. The molecular formula is C25H28O2. The van der Waals surface area contributed by atoms with Crippen LogP contribution >= 0.6 is 0 Å². The summed E-state index contributed by atoms with van der Waals surface area (Å²) in [5.41, 5.74) is 7.03. The highest BCUT2D eigenvalue weighted by atomic mass is 16.5. The number of aryl methyl sites for hydroxylation is 1. The molecule has 0 aromatic heterocycles. The fourth-order valence-electron chi connectivity index (χ4n) is 3.78. The van der Waals surface area contributed by atoms with Crippen LogP contribution in [0, 0.1) is 12.8 Å². The molecule has 0 aliphatic heterocycles. The Labute approximate surface area is 162 Å². The Kier molecular flexibility index (Phi) is 5.10. The summed E-state index contributed by atoms with van der Waals surface area (Å²) in [5.74, 6) is 0.185. The van der Waals surface area contributed by atoms with Crippen LogP contribution in [0.2, 0.25) is 0 Å². The summed E-state index contributed by atoms with van der Waals surface area (Å²) >= 11 is 0. The fourth-order valence-corrected chi connectivity index (χ4v) is 3.78. The molecule has 1 unspecified atom stereocenters. The number of benzene rings is 1. The number of methoxy groups -OCH3 is 1. The first kappa shape index (κ1) is 19.2. The molecule has 0 heterocycles. The van der Waals surface area contributed by atoms with E-state index in [4.69, 9.17) is 4.74 Å². The summed E-state index contributed by atoms with van der Waals surface area (Å²) in [6.07, 6.45) is 10.7. The Bertz CT molecular complexity index is 918. The van der Waals surface area contributed by atoms with Crippen molar-refractivity contribution < 1.29 is 9.53 Å². The second kappa shape index (κ2) is 7.19. The number of rotatable bonds is 3. The van der Waals surface area contributed by atoms with Gasteiger partial charge in [-0.25, -0.2) is 0 Å². The highest BCUT2D eigenvalue weighted by Gasteiger charge is 2.41. The van der Waals surface area contributed by atoms with Crippen molar-refractivity contribution in [1.82, 2.24) is 0 Å². The summed E-state index contributed by atoms with van der Waals surface area (Å²) in [4.78, 5) is 13.0. The van der Waals surface area contributed by atoms with Gasteiger partial charge >= 0.3 is 5.97 Å². The van der Waals surface area contributed by atoms with Crippen molar-refractivity contribution in [1.29, 1.82) is 0 Å². The zero-order chi connectivity index (χ0) is 19.8. The van der Waals surface area contributed by atoms with E-state index >= 15 is 0 Å². The molecule has 2 aliphatic carbocycles. The summed E-state index contributed by atoms with van der Waals surface area (Å²) < 4.78 is 5.25. The quantitative estimate of drug-likeness (QED) is 0.641. The molecule has 0 saturated carbocycles. The Morgan fingerprint density at radius 3 is 2.19 bits per heavy atom. The first-order chi connectivity index (χ1) is 12.8. The van der Waals surface area contributed by atoms with Crippen LogP contribution in [0.1, 0.15) is 38.8 Å². The number of ether oxygens (including phenoxy) is 1. The highest BCUT2D eigenvalue weighted by molar-refractivity contribution is 5.91. The van der Waals surface area contributed by atoms with Crippen LogP contribution in [0.4, 0.5) is 0 Å². The lowest BCUT2D eigenvalue weighted by Gasteiger charge is -2.32. The van der Waals surface area contributed by atoms with E-state index < -0.39 is 5.41 Å². The number of carbonyl (C=O) groups is 1. The minimum Gasteiger partial charge on any atom is -0.468 e. The van der Waals surface area contributed by atoms with Crippen LogP contribution in [0.3, 0.4) is 0 Å². The molecular weight excluding hydrogens is 332 g/mol. The Hall–Kier alpha value is -2.61. The summed E-state index contributed by atoms with van der Waals surface area (Å²) in [6, 6.07) is 8.13. The second-order valence-electron chi connectivity index (χ2n) is 7.84. The number of esters is 1. The van der Waals surface area contributed by atoms with Crippen LogP contribution in [0.5, 0.6) is 0 Å². The number of carbonyl (C=O) groups excluding carboxylic acids is 1. The summed E-state index contributed by atoms with van der Waals surface area (Å²) in [7, 11) is 1.46. The van der Waals surface area contributed by atoms with E-state index in [1.807, 2.05) is 31.2 Å².